The van der Waals surface area contributed by atoms with Crippen LogP contribution in [0.2, 0.25) is 0 Å². The Bertz CT molecular complexity index is 698. The molecule has 5 atom stereocenters. The molecule has 1 aromatic rings. The fourth-order valence-corrected chi connectivity index (χ4v) is 5.51. The van der Waals surface area contributed by atoms with Gasteiger partial charge >= 0.3 is 0 Å². The van der Waals surface area contributed by atoms with E-state index in [4.69, 9.17) is 5.73 Å². The number of hydrogen-bond donors (Lipinski definition) is 1. The predicted octanol–water partition coefficient (Wildman–Crippen LogP) is 3.08. The SMILES string of the molecule is CC1CC(CN)CN1C(=O)C1CC2CCCCC2N1C(=O)c1ccccc1.Cl. The Balaban J connectivity index is 0.00000225. The molecular formula is C22H32ClN3O2. The molecule has 3 fully saturated rings. The minimum atomic E-state index is -0.315. The van der Waals surface area contributed by atoms with Gasteiger partial charge in [0.25, 0.3) is 5.91 Å². The Kier molecular flexibility index (Phi) is 6.66. The van der Waals surface area contributed by atoms with Gasteiger partial charge in [-0.2, -0.15) is 0 Å². The quantitative estimate of drug-likeness (QED) is 0.840. The van der Waals surface area contributed by atoms with E-state index in [2.05, 4.69) is 6.92 Å². The van der Waals surface area contributed by atoms with E-state index in [-0.39, 0.29) is 42.3 Å². The molecule has 2 amide bonds. The fourth-order valence-electron chi connectivity index (χ4n) is 5.51. The van der Waals surface area contributed by atoms with Gasteiger partial charge in [0.05, 0.1) is 0 Å². The second-order valence-electron chi connectivity index (χ2n) is 8.62. The minimum Gasteiger partial charge on any atom is -0.338 e. The molecule has 0 aromatic heterocycles. The summed E-state index contributed by atoms with van der Waals surface area (Å²) >= 11 is 0. The Morgan fingerprint density at radius 2 is 1.82 bits per heavy atom. The van der Waals surface area contributed by atoms with Crippen molar-refractivity contribution < 1.29 is 9.59 Å². The predicted molar refractivity (Wildman–Crippen MR) is 112 cm³/mol. The normalized spacial score (nSPS) is 32.0. The van der Waals surface area contributed by atoms with Gasteiger partial charge in [-0.3, -0.25) is 9.59 Å². The summed E-state index contributed by atoms with van der Waals surface area (Å²) < 4.78 is 0. The van der Waals surface area contributed by atoms with Gasteiger partial charge in [-0.15, -0.1) is 12.4 Å². The zero-order valence-corrected chi connectivity index (χ0v) is 17.4. The average Bonchev–Trinajstić information content (AvgIpc) is 3.28. The van der Waals surface area contributed by atoms with E-state index in [1.165, 1.54) is 6.42 Å². The van der Waals surface area contributed by atoms with Crippen molar-refractivity contribution in [3.05, 3.63) is 35.9 Å². The highest BCUT2D eigenvalue weighted by atomic mass is 35.5. The Hall–Kier alpha value is -1.59. The number of carbonyl (C=O) groups excluding carboxylic acids is 2. The van der Waals surface area contributed by atoms with Gasteiger partial charge in [-0.25, -0.2) is 0 Å². The Morgan fingerprint density at radius 1 is 1.11 bits per heavy atom. The van der Waals surface area contributed by atoms with Crippen LogP contribution in [0.1, 0.15) is 55.8 Å². The highest BCUT2D eigenvalue weighted by Crippen LogP contribution is 2.41. The van der Waals surface area contributed by atoms with Gasteiger partial charge in [-0.05, 0) is 63.1 Å². The number of carbonyl (C=O) groups is 2. The lowest BCUT2D eigenvalue weighted by Crippen LogP contribution is -2.51. The lowest BCUT2D eigenvalue weighted by molar-refractivity contribution is -0.136. The van der Waals surface area contributed by atoms with Crippen LogP contribution in [0.3, 0.4) is 0 Å². The summed E-state index contributed by atoms with van der Waals surface area (Å²) in [6.07, 6.45) is 6.30. The van der Waals surface area contributed by atoms with Crippen LogP contribution in [-0.2, 0) is 4.79 Å². The van der Waals surface area contributed by atoms with E-state index in [1.807, 2.05) is 40.1 Å². The molecule has 0 radical (unpaired) electrons. The van der Waals surface area contributed by atoms with Crippen LogP contribution in [-0.4, -0.2) is 52.8 Å². The average molecular weight is 406 g/mol. The Labute approximate surface area is 174 Å². The molecule has 3 aliphatic rings. The van der Waals surface area contributed by atoms with E-state index >= 15 is 0 Å². The van der Waals surface area contributed by atoms with Crippen LogP contribution in [0.4, 0.5) is 0 Å². The molecule has 2 heterocycles. The zero-order valence-electron chi connectivity index (χ0n) is 16.6. The molecule has 2 aliphatic heterocycles. The second kappa shape index (κ2) is 8.83. The number of benzene rings is 1. The smallest absolute Gasteiger partial charge is 0.254 e. The maximum Gasteiger partial charge on any atom is 0.254 e. The topological polar surface area (TPSA) is 66.6 Å². The van der Waals surface area contributed by atoms with Crippen molar-refractivity contribution in [1.29, 1.82) is 0 Å². The highest BCUT2D eigenvalue weighted by molar-refractivity contribution is 5.98. The molecular weight excluding hydrogens is 374 g/mol. The monoisotopic (exact) mass is 405 g/mol. The molecule has 0 spiro atoms. The van der Waals surface area contributed by atoms with Gasteiger partial charge in [0.15, 0.2) is 0 Å². The van der Waals surface area contributed by atoms with Gasteiger partial charge < -0.3 is 15.5 Å². The van der Waals surface area contributed by atoms with Gasteiger partial charge in [-0.1, -0.05) is 31.0 Å². The molecule has 2 N–H and O–H groups in total. The van der Waals surface area contributed by atoms with Crippen LogP contribution in [0.15, 0.2) is 30.3 Å². The van der Waals surface area contributed by atoms with Crippen molar-refractivity contribution in [3.8, 4) is 0 Å². The van der Waals surface area contributed by atoms with E-state index in [0.717, 1.165) is 38.6 Å². The number of rotatable bonds is 3. The van der Waals surface area contributed by atoms with Crippen molar-refractivity contribution in [2.24, 2.45) is 17.6 Å². The van der Waals surface area contributed by atoms with Crippen molar-refractivity contribution >= 4 is 24.2 Å². The van der Waals surface area contributed by atoms with Gasteiger partial charge in [0.2, 0.25) is 5.91 Å². The van der Waals surface area contributed by atoms with Gasteiger partial charge in [0, 0.05) is 24.2 Å². The van der Waals surface area contributed by atoms with Crippen LogP contribution >= 0.6 is 12.4 Å². The number of fused-ring (bicyclic) bond motifs is 1. The molecule has 4 rings (SSSR count). The summed E-state index contributed by atoms with van der Waals surface area (Å²) in [6.45, 7) is 3.46. The zero-order chi connectivity index (χ0) is 19.0. The molecule has 0 bridgehead atoms. The van der Waals surface area contributed by atoms with Crippen molar-refractivity contribution in [2.75, 3.05) is 13.1 Å². The maximum absolute atomic E-state index is 13.5. The van der Waals surface area contributed by atoms with E-state index in [9.17, 15) is 9.59 Å². The third kappa shape index (κ3) is 3.79. The number of hydrogen-bond acceptors (Lipinski definition) is 3. The molecule has 1 aliphatic carbocycles. The fraction of sp³-hybridized carbons (Fsp3) is 0.636. The summed E-state index contributed by atoms with van der Waals surface area (Å²) in [5.41, 5.74) is 6.55. The van der Waals surface area contributed by atoms with E-state index in [0.29, 0.717) is 23.9 Å². The van der Waals surface area contributed by atoms with Crippen molar-refractivity contribution in [2.45, 2.75) is 63.6 Å². The summed E-state index contributed by atoms with van der Waals surface area (Å²) in [6, 6.07) is 9.55. The van der Waals surface area contributed by atoms with E-state index < -0.39 is 0 Å². The number of likely N-dealkylation sites (tertiary alicyclic amines) is 2. The number of nitrogens with two attached hydrogens (primary N) is 1. The van der Waals surface area contributed by atoms with Crippen LogP contribution in [0.5, 0.6) is 0 Å². The molecule has 5 nitrogen and oxygen atoms in total. The lowest BCUT2D eigenvalue weighted by atomic mass is 9.84. The summed E-state index contributed by atoms with van der Waals surface area (Å²) in [5.74, 6) is 0.997. The van der Waals surface area contributed by atoms with Crippen LogP contribution in [0.25, 0.3) is 0 Å². The highest BCUT2D eigenvalue weighted by Gasteiger charge is 2.49. The molecule has 5 unspecified atom stereocenters. The van der Waals surface area contributed by atoms with E-state index in [1.54, 1.807) is 0 Å². The second-order valence-corrected chi connectivity index (χ2v) is 8.62. The summed E-state index contributed by atoms with van der Waals surface area (Å²) in [4.78, 5) is 30.8. The number of amides is 2. The standard InChI is InChI=1S/C22H31N3O2.ClH/c1-15-11-16(13-23)14-24(15)22(27)20-12-18-9-5-6-10-19(18)25(20)21(26)17-7-3-2-4-8-17;/h2-4,7-8,15-16,18-20H,5-6,9-14,23H2,1H3;1H. The third-order valence-electron chi connectivity index (χ3n) is 6.91. The Morgan fingerprint density at radius 3 is 2.50 bits per heavy atom. The summed E-state index contributed by atoms with van der Waals surface area (Å²) in [5, 5.41) is 0. The molecule has 28 heavy (non-hydrogen) atoms. The lowest BCUT2D eigenvalue weighted by Gasteiger charge is -2.35. The summed E-state index contributed by atoms with van der Waals surface area (Å²) in [7, 11) is 0. The third-order valence-corrected chi connectivity index (χ3v) is 6.91. The largest absolute Gasteiger partial charge is 0.338 e. The minimum absolute atomic E-state index is 0. The molecule has 154 valence electrons. The first kappa shape index (κ1) is 21.1. The number of nitrogens with zero attached hydrogens (tertiary/aromatic N) is 2. The molecule has 1 aromatic carbocycles. The molecule has 2 saturated heterocycles. The van der Waals surface area contributed by atoms with Crippen LogP contribution in [0, 0.1) is 11.8 Å². The first-order valence-corrected chi connectivity index (χ1v) is 10.5. The van der Waals surface area contributed by atoms with Crippen LogP contribution < -0.4 is 5.73 Å². The van der Waals surface area contributed by atoms with Crippen molar-refractivity contribution in [1.82, 2.24) is 9.80 Å². The first-order chi connectivity index (χ1) is 13.1. The molecule has 6 heteroatoms. The first-order valence-electron chi connectivity index (χ1n) is 10.5. The van der Waals surface area contributed by atoms with Crippen molar-refractivity contribution in [3.63, 3.8) is 0 Å². The molecule has 1 saturated carbocycles. The number of halogens is 1. The maximum atomic E-state index is 13.5. The van der Waals surface area contributed by atoms with Gasteiger partial charge in [0.1, 0.15) is 6.04 Å².